The van der Waals surface area contributed by atoms with Gasteiger partial charge in [0.05, 0.1) is 10.2 Å². The zero-order chi connectivity index (χ0) is 16.1. The number of rotatable bonds is 2. The number of nitrogens with one attached hydrogen (secondary N) is 1. The van der Waals surface area contributed by atoms with Crippen LogP contribution < -0.4 is 11.2 Å². The van der Waals surface area contributed by atoms with Gasteiger partial charge in [0, 0.05) is 25.4 Å². The highest BCUT2D eigenvalue weighted by Crippen LogP contribution is 2.26. The quantitative estimate of drug-likeness (QED) is 0.607. The van der Waals surface area contributed by atoms with Crippen LogP contribution in [0, 0.1) is 0 Å². The number of fused-ring (bicyclic) bond motifs is 2. The highest BCUT2D eigenvalue weighted by Gasteiger charge is 2.17. The van der Waals surface area contributed by atoms with E-state index < -0.39 is 11.2 Å². The van der Waals surface area contributed by atoms with Gasteiger partial charge in [-0.15, -0.1) is 11.3 Å². The highest BCUT2D eigenvalue weighted by atomic mass is 32.1. The molecule has 1 N–H and O–H groups in total. The second-order valence-electron chi connectivity index (χ2n) is 5.20. The molecule has 0 saturated heterocycles. The largest absolute Gasteiger partial charge is 0.330 e. The first-order valence-corrected chi connectivity index (χ1v) is 8.01. The molecule has 0 aliphatic rings. The minimum Gasteiger partial charge on any atom is -0.321 e. The Hall–Kier alpha value is -2.74. The fraction of sp³-hybridized carbons (Fsp3) is 0.200. The van der Waals surface area contributed by atoms with Crippen molar-refractivity contribution in [2.45, 2.75) is 13.5 Å². The molecule has 4 rings (SSSR count). The molecule has 0 amide bonds. The van der Waals surface area contributed by atoms with E-state index in [2.05, 4.69) is 15.0 Å². The van der Waals surface area contributed by atoms with Crippen LogP contribution in [0.15, 0.2) is 33.3 Å². The summed E-state index contributed by atoms with van der Waals surface area (Å²) in [6.07, 6.45) is 1.73. The van der Waals surface area contributed by atoms with E-state index in [1.165, 1.54) is 4.57 Å². The number of aryl methyl sites for hydroxylation is 2. The average Bonchev–Trinajstić information content (AvgIpc) is 3.11. The second kappa shape index (κ2) is 4.88. The van der Waals surface area contributed by atoms with Crippen molar-refractivity contribution < 1.29 is 0 Å². The number of aromatic nitrogens is 5. The van der Waals surface area contributed by atoms with E-state index in [1.54, 1.807) is 29.1 Å². The summed E-state index contributed by atoms with van der Waals surface area (Å²) in [5, 5.41) is 1.98. The number of imidazole rings is 1. The van der Waals surface area contributed by atoms with Crippen molar-refractivity contribution in [2.75, 3.05) is 0 Å². The molecule has 0 fully saturated rings. The van der Waals surface area contributed by atoms with E-state index >= 15 is 0 Å². The lowest BCUT2D eigenvalue weighted by atomic mass is 10.2. The number of pyridine rings is 1. The Morgan fingerprint density at radius 2 is 2.17 bits per heavy atom. The van der Waals surface area contributed by atoms with Crippen LogP contribution in [0.1, 0.15) is 6.92 Å². The predicted octanol–water partition coefficient (Wildman–Crippen LogP) is 1.72. The van der Waals surface area contributed by atoms with Crippen molar-refractivity contribution in [1.82, 2.24) is 24.1 Å². The van der Waals surface area contributed by atoms with Crippen LogP contribution in [0.3, 0.4) is 0 Å². The minimum atomic E-state index is -0.443. The smallest absolute Gasteiger partial charge is 0.321 e. The third kappa shape index (κ3) is 1.95. The molecule has 116 valence electrons. The predicted molar refractivity (Wildman–Crippen MR) is 89.9 cm³/mol. The van der Waals surface area contributed by atoms with Gasteiger partial charge in [0.25, 0.3) is 5.56 Å². The Bertz CT molecular complexity index is 1160. The summed E-state index contributed by atoms with van der Waals surface area (Å²) < 4.78 is 4.21. The van der Waals surface area contributed by atoms with Gasteiger partial charge in [-0.05, 0) is 24.4 Å². The SMILES string of the molecule is CCn1c(=O)[nH]c(=O)c2c1nc(-c1cnc3ccsc3c1)n2C. The molecule has 0 spiro atoms. The highest BCUT2D eigenvalue weighted by molar-refractivity contribution is 7.17. The van der Waals surface area contributed by atoms with Gasteiger partial charge in [-0.1, -0.05) is 0 Å². The van der Waals surface area contributed by atoms with E-state index in [9.17, 15) is 9.59 Å². The molecule has 8 heteroatoms. The van der Waals surface area contributed by atoms with E-state index in [-0.39, 0.29) is 0 Å². The molecule has 0 unspecified atom stereocenters. The summed E-state index contributed by atoms with van der Waals surface area (Å²) in [6.45, 7) is 2.28. The number of nitrogens with zero attached hydrogens (tertiary/aromatic N) is 4. The summed E-state index contributed by atoms with van der Waals surface area (Å²) >= 11 is 1.60. The molecular weight excluding hydrogens is 314 g/mol. The number of hydrogen-bond acceptors (Lipinski definition) is 5. The van der Waals surface area contributed by atoms with Crippen LogP contribution in [0.5, 0.6) is 0 Å². The zero-order valence-electron chi connectivity index (χ0n) is 12.5. The summed E-state index contributed by atoms with van der Waals surface area (Å²) in [5.74, 6) is 0.612. The van der Waals surface area contributed by atoms with Crippen LogP contribution in [0.4, 0.5) is 0 Å². The molecule has 7 nitrogen and oxygen atoms in total. The van der Waals surface area contributed by atoms with Crippen LogP contribution >= 0.6 is 11.3 Å². The molecule has 0 aliphatic carbocycles. The van der Waals surface area contributed by atoms with Crippen molar-refractivity contribution >= 4 is 32.7 Å². The number of hydrogen-bond donors (Lipinski definition) is 1. The Morgan fingerprint density at radius 3 is 2.96 bits per heavy atom. The van der Waals surface area contributed by atoms with E-state index in [0.717, 1.165) is 15.8 Å². The van der Waals surface area contributed by atoms with Gasteiger partial charge < -0.3 is 4.57 Å². The van der Waals surface area contributed by atoms with Crippen LogP contribution in [-0.2, 0) is 13.6 Å². The molecule has 0 saturated carbocycles. The molecular formula is C15H13N5O2S. The van der Waals surface area contributed by atoms with E-state index in [0.29, 0.717) is 23.5 Å². The van der Waals surface area contributed by atoms with Crippen molar-refractivity contribution in [3.05, 3.63) is 44.5 Å². The van der Waals surface area contributed by atoms with Gasteiger partial charge >= 0.3 is 5.69 Å². The van der Waals surface area contributed by atoms with Gasteiger partial charge in [0.2, 0.25) is 0 Å². The molecule has 0 aliphatic heterocycles. The lowest BCUT2D eigenvalue weighted by Gasteiger charge is -2.02. The van der Waals surface area contributed by atoms with E-state index in [4.69, 9.17) is 0 Å². The first-order chi connectivity index (χ1) is 11.1. The monoisotopic (exact) mass is 327 g/mol. The zero-order valence-corrected chi connectivity index (χ0v) is 13.3. The standard InChI is InChI=1S/C15H13N5O2S/c1-3-20-13-11(14(21)18-15(20)22)19(2)12(17-13)8-6-10-9(16-7-8)4-5-23-10/h4-7H,3H2,1-2H3,(H,18,21,22). The topological polar surface area (TPSA) is 85.6 Å². The number of aromatic amines is 1. The third-order valence-electron chi connectivity index (χ3n) is 3.89. The maximum absolute atomic E-state index is 12.2. The van der Waals surface area contributed by atoms with Crippen molar-refractivity contribution in [1.29, 1.82) is 0 Å². The van der Waals surface area contributed by atoms with Crippen LogP contribution in [0.2, 0.25) is 0 Å². The molecule has 0 radical (unpaired) electrons. The maximum atomic E-state index is 12.2. The fourth-order valence-electron chi connectivity index (χ4n) is 2.77. The molecule has 0 atom stereocenters. The number of thiophene rings is 1. The maximum Gasteiger partial charge on any atom is 0.330 e. The summed E-state index contributed by atoms with van der Waals surface area (Å²) in [5.41, 5.74) is 1.65. The molecule has 0 bridgehead atoms. The van der Waals surface area contributed by atoms with Crippen molar-refractivity contribution in [3.63, 3.8) is 0 Å². The van der Waals surface area contributed by atoms with Gasteiger partial charge in [0.1, 0.15) is 5.82 Å². The minimum absolute atomic E-state index is 0.382. The van der Waals surface area contributed by atoms with Crippen molar-refractivity contribution in [3.8, 4) is 11.4 Å². The average molecular weight is 327 g/mol. The lowest BCUT2D eigenvalue weighted by molar-refractivity contribution is 0.719. The third-order valence-corrected chi connectivity index (χ3v) is 4.74. The van der Waals surface area contributed by atoms with Gasteiger partial charge in [-0.2, -0.15) is 0 Å². The summed E-state index contributed by atoms with van der Waals surface area (Å²) in [7, 11) is 1.77. The number of H-pyrrole nitrogens is 1. The molecule has 23 heavy (non-hydrogen) atoms. The Balaban J connectivity index is 2.08. The summed E-state index contributed by atoms with van der Waals surface area (Å²) in [4.78, 5) is 35.4. The fourth-order valence-corrected chi connectivity index (χ4v) is 3.55. The molecule has 4 aromatic heterocycles. The summed E-state index contributed by atoms with van der Waals surface area (Å²) in [6, 6.07) is 3.95. The van der Waals surface area contributed by atoms with Gasteiger partial charge in [-0.3, -0.25) is 19.3 Å². The van der Waals surface area contributed by atoms with Crippen molar-refractivity contribution in [2.24, 2.45) is 7.05 Å². The normalized spacial score (nSPS) is 11.6. The Labute approximate surface area is 133 Å². The van der Waals surface area contributed by atoms with Crippen LogP contribution in [-0.4, -0.2) is 24.1 Å². The lowest BCUT2D eigenvalue weighted by Crippen LogP contribution is -2.30. The Kier molecular flexibility index (Phi) is 2.95. The molecule has 0 aromatic carbocycles. The van der Waals surface area contributed by atoms with Crippen LogP contribution in [0.25, 0.3) is 32.8 Å². The molecule has 4 aromatic rings. The first kappa shape index (κ1) is 13.9. The van der Waals surface area contributed by atoms with Gasteiger partial charge in [-0.25, -0.2) is 9.78 Å². The first-order valence-electron chi connectivity index (χ1n) is 7.13. The van der Waals surface area contributed by atoms with E-state index in [1.807, 2.05) is 24.4 Å². The molecule has 4 heterocycles. The second-order valence-corrected chi connectivity index (χ2v) is 6.15. The Morgan fingerprint density at radius 1 is 1.35 bits per heavy atom. The van der Waals surface area contributed by atoms with Gasteiger partial charge in [0.15, 0.2) is 11.2 Å².